The van der Waals surface area contributed by atoms with Gasteiger partial charge in [-0.05, 0) is 70.4 Å². The smallest absolute Gasteiger partial charge is 0.159 e. The number of nitrogens with zero attached hydrogens (tertiary/aromatic N) is 2. The lowest BCUT2D eigenvalue weighted by Crippen LogP contribution is -2.42. The van der Waals surface area contributed by atoms with Crippen LogP contribution in [0.1, 0.15) is 71.8 Å². The first-order valence-electron chi connectivity index (χ1n) is 9.48. The molecule has 2 aromatic heterocycles. The summed E-state index contributed by atoms with van der Waals surface area (Å²) in [4.78, 5) is 12.0. The molecule has 2 saturated heterocycles. The van der Waals surface area contributed by atoms with Crippen LogP contribution in [-0.4, -0.2) is 22.1 Å². The molecular weight excluding hydrogens is 736 g/mol. The summed E-state index contributed by atoms with van der Waals surface area (Å²) in [6.07, 6.45) is 10.2. The molecule has 4 nitrogen and oxygen atoms in total. The van der Waals surface area contributed by atoms with E-state index in [1.807, 2.05) is 0 Å². The van der Waals surface area contributed by atoms with Crippen LogP contribution in [0.25, 0.3) is 0 Å². The maximum atomic E-state index is 4.53. The molecule has 0 aliphatic carbocycles. The fourth-order valence-corrected chi connectivity index (χ4v) is 8.04. The Labute approximate surface area is 228 Å². The standard InChI is InChI=1S/2C9H11BrN2S.3BrH/c2*10-9-12-7-4-5-2-1-3-6(11-5)8(7)13-9;;;/h2*5-6,11H,1-4H2;3*1H. The first-order valence-corrected chi connectivity index (χ1v) is 12.7. The quantitative estimate of drug-likeness (QED) is 0.303. The first kappa shape index (κ1) is 26.8. The molecule has 2 fully saturated rings. The number of nitrogens with one attached hydrogen (secondary N) is 2. The number of thiazole rings is 2. The summed E-state index contributed by atoms with van der Waals surface area (Å²) in [5, 5.41) is 7.34. The molecular formula is C18H25Br5N4S2. The zero-order valence-corrected chi connectivity index (χ0v) is 25.6. The molecule has 29 heavy (non-hydrogen) atoms. The van der Waals surface area contributed by atoms with Gasteiger partial charge in [-0.25, -0.2) is 9.97 Å². The molecule has 4 aliphatic rings. The topological polar surface area (TPSA) is 49.8 Å². The Balaban J connectivity index is 0.000000187. The number of rotatable bonds is 0. The Kier molecular flexibility index (Phi) is 10.8. The van der Waals surface area contributed by atoms with Crippen LogP contribution in [-0.2, 0) is 12.8 Å². The summed E-state index contributed by atoms with van der Waals surface area (Å²) >= 11 is 10.5. The van der Waals surface area contributed by atoms with Gasteiger partial charge in [0.2, 0.25) is 0 Å². The summed E-state index contributed by atoms with van der Waals surface area (Å²) in [5.41, 5.74) is 2.68. The summed E-state index contributed by atoms with van der Waals surface area (Å²) < 4.78 is 2.10. The molecule has 6 rings (SSSR count). The van der Waals surface area contributed by atoms with Gasteiger partial charge in [-0.1, -0.05) is 0 Å². The summed E-state index contributed by atoms with van der Waals surface area (Å²) in [6, 6.07) is 2.60. The Morgan fingerprint density at radius 1 is 0.690 bits per heavy atom. The zero-order valence-electron chi connectivity index (χ0n) is 15.7. The van der Waals surface area contributed by atoms with E-state index in [1.54, 1.807) is 22.7 Å². The van der Waals surface area contributed by atoms with Crippen LogP contribution < -0.4 is 10.6 Å². The Hall–Kier alpha value is 1.58. The minimum absolute atomic E-state index is 0. The van der Waals surface area contributed by atoms with E-state index in [0.717, 1.165) is 20.7 Å². The van der Waals surface area contributed by atoms with Gasteiger partial charge in [-0.3, -0.25) is 0 Å². The van der Waals surface area contributed by atoms with Crippen LogP contribution in [0.15, 0.2) is 7.83 Å². The molecule has 0 amide bonds. The third-order valence-corrected chi connectivity index (χ3v) is 9.21. The van der Waals surface area contributed by atoms with Gasteiger partial charge in [0.1, 0.15) is 0 Å². The number of hydrogen-bond acceptors (Lipinski definition) is 6. The molecule has 4 aliphatic heterocycles. The van der Waals surface area contributed by atoms with E-state index in [0.29, 0.717) is 24.2 Å². The summed E-state index contributed by atoms with van der Waals surface area (Å²) in [6.45, 7) is 0. The van der Waals surface area contributed by atoms with Gasteiger partial charge in [0, 0.05) is 46.8 Å². The van der Waals surface area contributed by atoms with Gasteiger partial charge >= 0.3 is 0 Å². The molecule has 164 valence electrons. The predicted octanol–water partition coefficient (Wildman–Crippen LogP) is 7.02. The van der Waals surface area contributed by atoms with E-state index in [2.05, 4.69) is 52.5 Å². The zero-order chi connectivity index (χ0) is 17.7. The van der Waals surface area contributed by atoms with Crippen LogP contribution in [0.2, 0.25) is 0 Å². The lowest BCUT2D eigenvalue weighted by Gasteiger charge is -2.34. The van der Waals surface area contributed by atoms with Crippen molar-refractivity contribution in [3.63, 3.8) is 0 Å². The molecule has 0 radical (unpaired) electrons. The Bertz CT molecular complexity index is 748. The maximum absolute atomic E-state index is 4.53. The van der Waals surface area contributed by atoms with Crippen LogP contribution in [0.4, 0.5) is 0 Å². The predicted molar refractivity (Wildman–Crippen MR) is 145 cm³/mol. The second-order valence-corrected chi connectivity index (χ2v) is 12.3. The van der Waals surface area contributed by atoms with Crippen LogP contribution in [0.5, 0.6) is 0 Å². The molecule has 0 aromatic carbocycles. The van der Waals surface area contributed by atoms with Gasteiger partial charge < -0.3 is 10.6 Å². The van der Waals surface area contributed by atoms with Gasteiger partial charge in [0.05, 0.1) is 11.4 Å². The number of halogens is 5. The minimum Gasteiger partial charge on any atom is -0.306 e. The highest BCUT2D eigenvalue weighted by atomic mass is 79.9. The van der Waals surface area contributed by atoms with Crippen molar-refractivity contribution in [1.29, 1.82) is 0 Å². The highest BCUT2D eigenvalue weighted by Crippen LogP contribution is 2.40. The Morgan fingerprint density at radius 2 is 1.10 bits per heavy atom. The minimum atomic E-state index is 0. The molecule has 11 heteroatoms. The third kappa shape index (κ3) is 5.93. The Morgan fingerprint density at radius 3 is 1.52 bits per heavy atom. The van der Waals surface area contributed by atoms with Gasteiger partial charge in [-0.15, -0.1) is 73.6 Å². The lowest BCUT2D eigenvalue weighted by molar-refractivity contribution is 0.304. The summed E-state index contributed by atoms with van der Waals surface area (Å²) in [5.74, 6) is 0. The van der Waals surface area contributed by atoms with Crippen molar-refractivity contribution in [2.24, 2.45) is 0 Å². The molecule has 4 atom stereocenters. The van der Waals surface area contributed by atoms with Crippen LogP contribution in [0, 0.1) is 0 Å². The number of fused-ring (bicyclic) bond motifs is 8. The summed E-state index contributed by atoms with van der Waals surface area (Å²) in [7, 11) is 0. The van der Waals surface area contributed by atoms with Crippen molar-refractivity contribution in [2.75, 3.05) is 0 Å². The van der Waals surface area contributed by atoms with Crippen LogP contribution in [0.3, 0.4) is 0 Å². The molecule has 0 saturated carbocycles. The fourth-order valence-electron chi connectivity index (χ4n) is 4.75. The molecule has 6 heterocycles. The number of aromatic nitrogens is 2. The average Bonchev–Trinajstić information content (AvgIpc) is 3.18. The van der Waals surface area contributed by atoms with E-state index in [9.17, 15) is 0 Å². The SMILES string of the molecule is Br.Br.Br.Brc1nc2c(s1)C1CCCC(C2)N1.Brc1nc2c(s1)C1CCCC(C2)N1. The maximum Gasteiger partial charge on any atom is 0.159 e. The van der Waals surface area contributed by atoms with Crippen molar-refractivity contribution in [1.82, 2.24) is 20.6 Å². The average molecular weight is 761 g/mol. The van der Waals surface area contributed by atoms with E-state index in [1.165, 1.54) is 59.7 Å². The van der Waals surface area contributed by atoms with Gasteiger partial charge in [0.15, 0.2) is 7.83 Å². The highest BCUT2D eigenvalue weighted by Gasteiger charge is 2.33. The molecule has 2 aromatic rings. The molecule has 4 unspecified atom stereocenters. The monoisotopic (exact) mass is 756 g/mol. The highest BCUT2D eigenvalue weighted by molar-refractivity contribution is 9.11. The largest absolute Gasteiger partial charge is 0.306 e. The van der Waals surface area contributed by atoms with Crippen molar-refractivity contribution < 1.29 is 0 Å². The molecule has 4 bridgehead atoms. The van der Waals surface area contributed by atoms with Crippen LogP contribution >= 0.6 is 105 Å². The number of piperidine rings is 2. The van der Waals surface area contributed by atoms with E-state index < -0.39 is 0 Å². The van der Waals surface area contributed by atoms with E-state index >= 15 is 0 Å². The number of hydrogen-bond donors (Lipinski definition) is 2. The normalized spacial score (nSPS) is 28.2. The van der Waals surface area contributed by atoms with Crippen molar-refractivity contribution in [3.8, 4) is 0 Å². The molecule has 2 N–H and O–H groups in total. The van der Waals surface area contributed by atoms with E-state index in [4.69, 9.17) is 0 Å². The second-order valence-electron chi connectivity index (χ2n) is 7.66. The lowest BCUT2D eigenvalue weighted by atomic mass is 9.89. The van der Waals surface area contributed by atoms with E-state index in [-0.39, 0.29) is 50.9 Å². The third-order valence-electron chi connectivity index (χ3n) is 5.88. The molecule has 0 spiro atoms. The van der Waals surface area contributed by atoms with Crippen molar-refractivity contribution >= 4 is 105 Å². The second kappa shape index (κ2) is 11.6. The van der Waals surface area contributed by atoms with Gasteiger partial charge in [0.25, 0.3) is 0 Å². The first-order chi connectivity index (χ1) is 12.7. The fraction of sp³-hybridized carbons (Fsp3) is 0.667. The van der Waals surface area contributed by atoms with Gasteiger partial charge in [-0.2, -0.15) is 0 Å². The van der Waals surface area contributed by atoms with Crippen molar-refractivity contribution in [2.45, 2.75) is 75.5 Å². The van der Waals surface area contributed by atoms with Crippen molar-refractivity contribution in [3.05, 3.63) is 29.0 Å².